The molecule has 0 aromatic carbocycles. The average Bonchev–Trinajstić information content (AvgIpc) is 3.03. The molecule has 3 aliphatic carbocycles. The molecule has 3 N–H and O–H groups in total. The van der Waals surface area contributed by atoms with E-state index < -0.39 is 17.8 Å². The Morgan fingerprint density at radius 3 is 2.77 bits per heavy atom. The fourth-order valence-corrected chi connectivity index (χ4v) is 6.61. The summed E-state index contributed by atoms with van der Waals surface area (Å²) in [5, 5.41) is 30.5. The van der Waals surface area contributed by atoms with Gasteiger partial charge in [-0.1, -0.05) is 55.0 Å². The zero-order valence-electron chi connectivity index (χ0n) is 19.6. The van der Waals surface area contributed by atoms with Crippen molar-refractivity contribution in [3.63, 3.8) is 0 Å². The van der Waals surface area contributed by atoms with Crippen molar-refractivity contribution in [3.8, 4) is 0 Å². The van der Waals surface area contributed by atoms with E-state index in [4.69, 9.17) is 0 Å². The Hall–Kier alpha value is -1.07. The van der Waals surface area contributed by atoms with E-state index in [9.17, 15) is 15.3 Å². The second kappa shape index (κ2) is 9.82. The number of fused-ring (bicyclic) bond motifs is 1. The lowest BCUT2D eigenvalue weighted by Gasteiger charge is -2.42. The van der Waals surface area contributed by atoms with Gasteiger partial charge in [-0.3, -0.25) is 0 Å². The van der Waals surface area contributed by atoms with Crippen molar-refractivity contribution in [2.24, 2.45) is 11.3 Å². The zero-order chi connectivity index (χ0) is 22.8. The number of hydrogen-bond donors (Lipinski definition) is 3. The van der Waals surface area contributed by atoms with Gasteiger partial charge in [-0.15, -0.1) is 0 Å². The molecule has 0 radical (unpaired) electrons. The minimum Gasteiger partial charge on any atom is -0.393 e. The Morgan fingerprint density at radius 2 is 2.06 bits per heavy atom. The Balaban J connectivity index is 1.70. The molecular weight excluding hydrogens is 404 g/mol. The molecule has 2 fully saturated rings. The number of rotatable bonds is 6. The van der Waals surface area contributed by atoms with Crippen LogP contribution in [0.15, 0.2) is 59.3 Å². The van der Waals surface area contributed by atoms with E-state index >= 15 is 0 Å². The minimum atomic E-state index is -0.749. The van der Waals surface area contributed by atoms with Gasteiger partial charge in [0.15, 0.2) is 0 Å². The van der Waals surface area contributed by atoms with Crippen molar-refractivity contribution >= 4 is 11.8 Å². The summed E-state index contributed by atoms with van der Waals surface area (Å²) in [7, 11) is 0. The SMILES string of the molecule is C=C1C(=CC=C2CCC[C@]3(C)C([C@H](C)SC/C=C/C(C)(C)O)=CC[C@@H]23)C[C@@H](O)C[C@@H]1O. The van der Waals surface area contributed by atoms with Crippen LogP contribution < -0.4 is 0 Å². The first kappa shape index (κ1) is 24.6. The van der Waals surface area contributed by atoms with Gasteiger partial charge < -0.3 is 15.3 Å². The summed E-state index contributed by atoms with van der Waals surface area (Å²) in [4.78, 5) is 0. The lowest BCUT2D eigenvalue weighted by atomic mass is 9.64. The first-order chi connectivity index (χ1) is 14.5. The molecule has 2 saturated carbocycles. The predicted octanol–water partition coefficient (Wildman–Crippen LogP) is 5.50. The summed E-state index contributed by atoms with van der Waals surface area (Å²) in [6.45, 7) is 12.4. The number of aliphatic hydroxyl groups is 3. The van der Waals surface area contributed by atoms with Crippen LogP contribution in [0.2, 0.25) is 0 Å². The summed E-state index contributed by atoms with van der Waals surface area (Å²) in [6.07, 6.45) is 15.3. The molecule has 0 amide bonds. The van der Waals surface area contributed by atoms with Crippen molar-refractivity contribution in [3.05, 3.63) is 59.3 Å². The van der Waals surface area contributed by atoms with Crippen LogP contribution in [0.5, 0.6) is 0 Å². The third kappa shape index (κ3) is 5.84. The van der Waals surface area contributed by atoms with Gasteiger partial charge in [0, 0.05) is 17.4 Å². The molecule has 0 spiro atoms. The van der Waals surface area contributed by atoms with Crippen molar-refractivity contribution in [1.82, 2.24) is 0 Å². The van der Waals surface area contributed by atoms with Gasteiger partial charge in [0.05, 0.1) is 17.8 Å². The van der Waals surface area contributed by atoms with E-state index in [2.05, 4.69) is 44.7 Å². The van der Waals surface area contributed by atoms with E-state index in [-0.39, 0.29) is 5.41 Å². The highest BCUT2D eigenvalue weighted by molar-refractivity contribution is 8.00. The van der Waals surface area contributed by atoms with Crippen LogP contribution in [0.1, 0.15) is 66.2 Å². The maximum absolute atomic E-state index is 10.1. The van der Waals surface area contributed by atoms with Gasteiger partial charge in [-0.25, -0.2) is 0 Å². The van der Waals surface area contributed by atoms with Crippen LogP contribution in [-0.2, 0) is 0 Å². The quantitative estimate of drug-likeness (QED) is 0.474. The molecule has 172 valence electrons. The molecule has 3 aliphatic rings. The van der Waals surface area contributed by atoms with Crippen molar-refractivity contribution < 1.29 is 15.3 Å². The summed E-state index contributed by atoms with van der Waals surface area (Å²) >= 11 is 1.94. The first-order valence-electron chi connectivity index (χ1n) is 11.7. The Kier molecular flexibility index (Phi) is 7.79. The normalized spacial score (nSPS) is 35.6. The lowest BCUT2D eigenvalue weighted by Crippen LogP contribution is -2.33. The van der Waals surface area contributed by atoms with E-state index in [1.165, 1.54) is 18.4 Å². The number of allylic oxidation sites excluding steroid dienone is 4. The molecule has 0 aromatic heterocycles. The second-order valence-electron chi connectivity index (χ2n) is 10.3. The van der Waals surface area contributed by atoms with Crippen LogP contribution >= 0.6 is 11.8 Å². The monoisotopic (exact) mass is 444 g/mol. The number of thioether (sulfide) groups is 1. The molecule has 31 heavy (non-hydrogen) atoms. The van der Waals surface area contributed by atoms with Crippen LogP contribution in [0.4, 0.5) is 0 Å². The van der Waals surface area contributed by atoms with Crippen molar-refractivity contribution in [2.75, 3.05) is 5.75 Å². The zero-order valence-corrected chi connectivity index (χ0v) is 20.4. The third-order valence-electron chi connectivity index (χ3n) is 7.28. The molecule has 3 nitrogen and oxygen atoms in total. The summed E-state index contributed by atoms with van der Waals surface area (Å²) in [6, 6.07) is 0. The van der Waals surface area contributed by atoms with Gasteiger partial charge in [0.25, 0.3) is 0 Å². The van der Waals surface area contributed by atoms with E-state index in [0.29, 0.717) is 24.0 Å². The van der Waals surface area contributed by atoms with Gasteiger partial charge in [-0.2, -0.15) is 11.8 Å². The lowest BCUT2D eigenvalue weighted by molar-refractivity contribution is 0.0862. The first-order valence-corrected chi connectivity index (χ1v) is 12.7. The molecule has 3 rings (SSSR count). The molecule has 4 heteroatoms. The van der Waals surface area contributed by atoms with Gasteiger partial charge in [-0.05, 0) is 75.4 Å². The van der Waals surface area contributed by atoms with E-state index in [1.807, 2.05) is 17.8 Å². The highest BCUT2D eigenvalue weighted by atomic mass is 32.2. The second-order valence-corrected chi connectivity index (χ2v) is 11.7. The minimum absolute atomic E-state index is 0.206. The molecule has 0 aliphatic heterocycles. The molecule has 0 heterocycles. The van der Waals surface area contributed by atoms with E-state index in [1.54, 1.807) is 19.4 Å². The summed E-state index contributed by atoms with van der Waals surface area (Å²) in [5.41, 5.74) is 4.27. The molecule has 5 atom stereocenters. The smallest absolute Gasteiger partial charge is 0.0811 e. The summed E-state index contributed by atoms with van der Waals surface area (Å²) < 4.78 is 0. The largest absolute Gasteiger partial charge is 0.393 e. The van der Waals surface area contributed by atoms with Gasteiger partial charge in [0.2, 0.25) is 0 Å². The van der Waals surface area contributed by atoms with Gasteiger partial charge in [0.1, 0.15) is 0 Å². The highest BCUT2D eigenvalue weighted by Gasteiger charge is 2.46. The molecule has 0 bridgehead atoms. The predicted molar refractivity (Wildman–Crippen MR) is 132 cm³/mol. The molecule has 0 aromatic rings. The van der Waals surface area contributed by atoms with Crippen LogP contribution in [-0.4, -0.2) is 44.1 Å². The fraction of sp³-hybridized carbons (Fsp3) is 0.630. The Labute approximate surface area is 192 Å². The molecular formula is C27H40O3S. The number of aliphatic hydroxyl groups excluding tert-OH is 2. The maximum Gasteiger partial charge on any atom is 0.0811 e. The van der Waals surface area contributed by atoms with Crippen LogP contribution in [0, 0.1) is 11.3 Å². The topological polar surface area (TPSA) is 60.7 Å². The van der Waals surface area contributed by atoms with Gasteiger partial charge >= 0.3 is 0 Å². The maximum atomic E-state index is 10.1. The van der Waals surface area contributed by atoms with Crippen LogP contribution in [0.3, 0.4) is 0 Å². The van der Waals surface area contributed by atoms with Crippen molar-refractivity contribution in [1.29, 1.82) is 0 Å². The van der Waals surface area contributed by atoms with E-state index in [0.717, 1.165) is 29.7 Å². The summed E-state index contributed by atoms with van der Waals surface area (Å²) in [5.74, 6) is 1.44. The Morgan fingerprint density at radius 1 is 1.32 bits per heavy atom. The molecule has 0 unspecified atom stereocenters. The fourth-order valence-electron chi connectivity index (χ4n) is 5.57. The Bertz CT molecular complexity index is 798. The van der Waals surface area contributed by atoms with Crippen molar-refractivity contribution in [2.45, 2.75) is 89.3 Å². The standard InChI is InChI=1S/C27H40O3S/c1-18-21(16-22(28)17-25(18)29)10-9-20-8-6-14-27(5)23(11-12-24(20)27)19(2)31-15-7-13-26(3,4)30/h7,9-11,13,19,22,24-25,28-30H,1,6,8,12,14-17H2,2-5H3/b13-7+,20-9?,21-10?/t19-,22+,24-,25-,27+/m0/s1. The molecule has 0 saturated heterocycles. The third-order valence-corrected chi connectivity index (χ3v) is 8.42. The number of hydrogen-bond acceptors (Lipinski definition) is 4. The van der Waals surface area contributed by atoms with Crippen LogP contribution in [0.25, 0.3) is 0 Å². The highest BCUT2D eigenvalue weighted by Crippen LogP contribution is 2.56. The average molecular weight is 445 g/mol.